The molecule has 0 spiro atoms. The number of hydrogen-bond donors (Lipinski definition) is 1. The number of aryl methyl sites for hydroxylation is 2. The molecule has 114 valence electrons. The number of nitrogens with zero attached hydrogens (tertiary/aromatic N) is 1. The van der Waals surface area contributed by atoms with Crippen molar-refractivity contribution in [2.75, 3.05) is 4.72 Å². The van der Waals surface area contributed by atoms with Gasteiger partial charge in [-0.2, -0.15) is 0 Å². The number of nitro benzene ring substituents is 1. The van der Waals surface area contributed by atoms with Crippen LogP contribution in [0.2, 0.25) is 0 Å². The third-order valence-corrected chi connectivity index (χ3v) is 5.11. The summed E-state index contributed by atoms with van der Waals surface area (Å²) in [5.41, 5.74) is 2.80. The van der Waals surface area contributed by atoms with Gasteiger partial charge in [0.2, 0.25) is 0 Å². The largest absolute Gasteiger partial charge is 0.280 e. The molecule has 0 saturated carbocycles. The van der Waals surface area contributed by atoms with E-state index in [1.807, 2.05) is 12.1 Å². The monoisotopic (exact) mass is 318 g/mol. The molecule has 0 atom stereocenters. The van der Waals surface area contributed by atoms with Crippen LogP contribution < -0.4 is 4.72 Å². The van der Waals surface area contributed by atoms with Gasteiger partial charge in [0.05, 0.1) is 9.82 Å². The molecule has 7 heteroatoms. The summed E-state index contributed by atoms with van der Waals surface area (Å²) in [6.07, 6.45) is 3.08. The molecule has 2 aromatic rings. The summed E-state index contributed by atoms with van der Waals surface area (Å²) in [5.74, 6) is 0. The molecule has 0 amide bonds. The van der Waals surface area contributed by atoms with E-state index in [0.29, 0.717) is 5.69 Å². The SMILES string of the molecule is O=[N+]([O-])c1ccc(S(=O)(=O)Nc2ccc3c(c2)CCC3)cc1. The van der Waals surface area contributed by atoms with Crippen molar-refractivity contribution in [2.45, 2.75) is 24.2 Å². The molecule has 0 saturated heterocycles. The van der Waals surface area contributed by atoms with Gasteiger partial charge in [-0.3, -0.25) is 14.8 Å². The highest BCUT2D eigenvalue weighted by Gasteiger charge is 2.17. The van der Waals surface area contributed by atoms with Crippen LogP contribution in [0.3, 0.4) is 0 Å². The molecule has 0 bridgehead atoms. The quantitative estimate of drug-likeness (QED) is 0.693. The van der Waals surface area contributed by atoms with Gasteiger partial charge in [-0.1, -0.05) is 6.07 Å². The molecule has 0 fully saturated rings. The number of anilines is 1. The zero-order valence-electron chi connectivity index (χ0n) is 11.7. The van der Waals surface area contributed by atoms with Gasteiger partial charge in [-0.15, -0.1) is 0 Å². The van der Waals surface area contributed by atoms with E-state index in [-0.39, 0.29) is 10.6 Å². The fraction of sp³-hybridized carbons (Fsp3) is 0.200. The van der Waals surface area contributed by atoms with E-state index in [0.717, 1.165) is 19.3 Å². The van der Waals surface area contributed by atoms with Gasteiger partial charge < -0.3 is 0 Å². The van der Waals surface area contributed by atoms with Gasteiger partial charge in [-0.05, 0) is 54.7 Å². The molecule has 6 nitrogen and oxygen atoms in total. The van der Waals surface area contributed by atoms with Crippen molar-refractivity contribution in [1.29, 1.82) is 0 Å². The predicted molar refractivity (Wildman–Crippen MR) is 82.4 cm³/mol. The summed E-state index contributed by atoms with van der Waals surface area (Å²) in [4.78, 5) is 10.0. The van der Waals surface area contributed by atoms with Crippen LogP contribution in [-0.4, -0.2) is 13.3 Å². The molecule has 0 aliphatic heterocycles. The van der Waals surface area contributed by atoms with Crippen molar-refractivity contribution in [3.05, 3.63) is 63.7 Å². The number of benzene rings is 2. The van der Waals surface area contributed by atoms with E-state index < -0.39 is 14.9 Å². The second kappa shape index (κ2) is 5.42. The minimum absolute atomic E-state index is 0.00130. The Morgan fingerprint density at radius 1 is 1.00 bits per heavy atom. The van der Waals surface area contributed by atoms with E-state index in [2.05, 4.69) is 4.72 Å². The first-order chi connectivity index (χ1) is 10.5. The minimum Gasteiger partial charge on any atom is -0.280 e. The van der Waals surface area contributed by atoms with Crippen molar-refractivity contribution >= 4 is 21.4 Å². The molecule has 0 unspecified atom stereocenters. The van der Waals surface area contributed by atoms with Gasteiger partial charge in [0.25, 0.3) is 15.7 Å². The van der Waals surface area contributed by atoms with Crippen LogP contribution in [0.25, 0.3) is 0 Å². The normalized spacial score (nSPS) is 13.6. The van der Waals surface area contributed by atoms with E-state index in [1.165, 1.54) is 35.4 Å². The summed E-state index contributed by atoms with van der Waals surface area (Å²) >= 11 is 0. The molecular weight excluding hydrogens is 304 g/mol. The second-order valence-corrected chi connectivity index (χ2v) is 6.88. The molecule has 2 aromatic carbocycles. The van der Waals surface area contributed by atoms with E-state index in [1.54, 1.807) is 6.07 Å². The van der Waals surface area contributed by atoms with Crippen LogP contribution in [0.15, 0.2) is 47.4 Å². The highest BCUT2D eigenvalue weighted by Crippen LogP contribution is 2.26. The van der Waals surface area contributed by atoms with Crippen LogP contribution in [0.1, 0.15) is 17.5 Å². The number of rotatable bonds is 4. The summed E-state index contributed by atoms with van der Waals surface area (Å²) in [7, 11) is -3.75. The summed E-state index contributed by atoms with van der Waals surface area (Å²) in [6.45, 7) is 0. The Morgan fingerprint density at radius 3 is 2.36 bits per heavy atom. The molecule has 1 aliphatic rings. The van der Waals surface area contributed by atoms with E-state index in [9.17, 15) is 18.5 Å². The third-order valence-electron chi connectivity index (χ3n) is 3.71. The summed E-state index contributed by atoms with van der Waals surface area (Å²) in [5, 5.41) is 10.6. The number of nitro groups is 1. The van der Waals surface area contributed by atoms with Gasteiger partial charge in [0, 0.05) is 17.8 Å². The fourth-order valence-corrected chi connectivity index (χ4v) is 3.65. The molecule has 0 radical (unpaired) electrons. The maximum Gasteiger partial charge on any atom is 0.269 e. The van der Waals surface area contributed by atoms with Crippen LogP contribution in [-0.2, 0) is 22.9 Å². The van der Waals surface area contributed by atoms with E-state index >= 15 is 0 Å². The zero-order valence-corrected chi connectivity index (χ0v) is 12.5. The highest BCUT2D eigenvalue weighted by atomic mass is 32.2. The van der Waals surface area contributed by atoms with E-state index in [4.69, 9.17) is 0 Å². The van der Waals surface area contributed by atoms with Crippen LogP contribution in [0.4, 0.5) is 11.4 Å². The lowest BCUT2D eigenvalue weighted by molar-refractivity contribution is -0.384. The van der Waals surface area contributed by atoms with Crippen molar-refractivity contribution < 1.29 is 13.3 Å². The Labute approximate surface area is 128 Å². The van der Waals surface area contributed by atoms with Crippen molar-refractivity contribution in [3.63, 3.8) is 0 Å². The van der Waals surface area contributed by atoms with Crippen LogP contribution in [0, 0.1) is 10.1 Å². The first kappa shape index (κ1) is 14.5. The Morgan fingerprint density at radius 2 is 1.68 bits per heavy atom. The maximum absolute atomic E-state index is 12.3. The molecular formula is C15H14N2O4S. The Hall–Kier alpha value is -2.41. The minimum atomic E-state index is -3.75. The number of hydrogen-bond acceptors (Lipinski definition) is 4. The second-order valence-electron chi connectivity index (χ2n) is 5.19. The zero-order chi connectivity index (χ0) is 15.7. The molecule has 3 rings (SSSR count). The number of fused-ring (bicyclic) bond motifs is 1. The fourth-order valence-electron chi connectivity index (χ4n) is 2.60. The lowest BCUT2D eigenvalue weighted by Gasteiger charge is -2.09. The third kappa shape index (κ3) is 2.80. The summed E-state index contributed by atoms with van der Waals surface area (Å²) < 4.78 is 27.1. The first-order valence-electron chi connectivity index (χ1n) is 6.85. The molecule has 1 N–H and O–H groups in total. The summed E-state index contributed by atoms with van der Waals surface area (Å²) in [6, 6.07) is 10.4. The first-order valence-corrected chi connectivity index (χ1v) is 8.33. The average molecular weight is 318 g/mol. The number of nitrogens with one attached hydrogen (secondary N) is 1. The van der Waals surface area contributed by atoms with Gasteiger partial charge in [0.15, 0.2) is 0 Å². The van der Waals surface area contributed by atoms with Crippen LogP contribution >= 0.6 is 0 Å². The van der Waals surface area contributed by atoms with Crippen molar-refractivity contribution in [3.8, 4) is 0 Å². The van der Waals surface area contributed by atoms with Gasteiger partial charge in [0.1, 0.15) is 0 Å². The van der Waals surface area contributed by atoms with Crippen LogP contribution in [0.5, 0.6) is 0 Å². The smallest absolute Gasteiger partial charge is 0.269 e. The Bertz CT molecular complexity index is 829. The van der Waals surface area contributed by atoms with Gasteiger partial charge in [-0.25, -0.2) is 8.42 Å². The van der Waals surface area contributed by atoms with Crippen molar-refractivity contribution in [1.82, 2.24) is 0 Å². The topological polar surface area (TPSA) is 89.3 Å². The Kier molecular flexibility index (Phi) is 3.58. The lowest BCUT2D eigenvalue weighted by Crippen LogP contribution is -2.13. The number of sulfonamides is 1. The molecule has 1 aliphatic carbocycles. The maximum atomic E-state index is 12.3. The Balaban J connectivity index is 1.85. The van der Waals surface area contributed by atoms with Gasteiger partial charge >= 0.3 is 0 Å². The standard InChI is InChI=1S/C15H14N2O4S/c18-17(19)14-6-8-15(9-7-14)22(20,21)16-13-5-4-11-2-1-3-12(11)10-13/h4-10,16H,1-3H2. The average Bonchev–Trinajstić information content (AvgIpc) is 2.94. The molecule has 22 heavy (non-hydrogen) atoms. The molecule has 0 heterocycles. The number of non-ortho nitro benzene ring substituents is 1. The highest BCUT2D eigenvalue weighted by molar-refractivity contribution is 7.92. The predicted octanol–water partition coefficient (Wildman–Crippen LogP) is 2.88. The lowest BCUT2D eigenvalue weighted by atomic mass is 10.1. The van der Waals surface area contributed by atoms with Crippen molar-refractivity contribution in [2.24, 2.45) is 0 Å². The molecule has 0 aromatic heterocycles.